The van der Waals surface area contributed by atoms with E-state index >= 15 is 0 Å². The second kappa shape index (κ2) is 2.54. The molecular formula is C9H17N. The fraction of sp³-hybridized carbons (Fsp3) is 1.00. The molecule has 0 aromatic heterocycles. The van der Waals surface area contributed by atoms with Crippen molar-refractivity contribution in [2.75, 3.05) is 0 Å². The summed E-state index contributed by atoms with van der Waals surface area (Å²) in [6.07, 6.45) is 8.63. The first-order valence-corrected chi connectivity index (χ1v) is 4.65. The second-order valence-electron chi connectivity index (χ2n) is 3.90. The third kappa shape index (κ3) is 1.07. The fourth-order valence-electron chi connectivity index (χ4n) is 2.40. The molecule has 0 bridgehead atoms. The first-order valence-electron chi connectivity index (χ1n) is 4.65. The van der Waals surface area contributed by atoms with Crippen LogP contribution in [0.15, 0.2) is 0 Å². The van der Waals surface area contributed by atoms with E-state index in [0.717, 1.165) is 11.8 Å². The van der Waals surface area contributed by atoms with Crippen LogP contribution in [0.1, 0.15) is 38.5 Å². The van der Waals surface area contributed by atoms with E-state index in [0.29, 0.717) is 6.04 Å². The van der Waals surface area contributed by atoms with Gasteiger partial charge in [0, 0.05) is 6.04 Å². The van der Waals surface area contributed by atoms with Crippen LogP contribution in [0.2, 0.25) is 0 Å². The third-order valence-corrected chi connectivity index (χ3v) is 3.22. The van der Waals surface area contributed by atoms with E-state index in [1.807, 2.05) is 0 Å². The van der Waals surface area contributed by atoms with Gasteiger partial charge < -0.3 is 5.73 Å². The topological polar surface area (TPSA) is 26.0 Å². The molecule has 2 unspecified atom stereocenters. The first kappa shape index (κ1) is 6.66. The normalized spacial score (nSPS) is 47.1. The van der Waals surface area contributed by atoms with Crippen molar-refractivity contribution in [2.24, 2.45) is 17.6 Å². The monoisotopic (exact) mass is 139 g/mol. The summed E-state index contributed by atoms with van der Waals surface area (Å²) in [6.45, 7) is 0. The average Bonchev–Trinajstić information content (AvgIpc) is 2.39. The van der Waals surface area contributed by atoms with Gasteiger partial charge in [0.25, 0.3) is 0 Å². The van der Waals surface area contributed by atoms with Gasteiger partial charge >= 0.3 is 0 Å². The fourth-order valence-corrected chi connectivity index (χ4v) is 2.40. The summed E-state index contributed by atoms with van der Waals surface area (Å²) < 4.78 is 0. The van der Waals surface area contributed by atoms with Crippen LogP contribution >= 0.6 is 0 Å². The Morgan fingerprint density at radius 1 is 0.800 bits per heavy atom. The maximum atomic E-state index is 5.91. The summed E-state index contributed by atoms with van der Waals surface area (Å²) >= 11 is 0. The molecule has 2 aliphatic carbocycles. The van der Waals surface area contributed by atoms with Crippen molar-refractivity contribution in [3.63, 3.8) is 0 Å². The maximum absolute atomic E-state index is 5.91. The van der Waals surface area contributed by atoms with E-state index in [1.54, 1.807) is 0 Å². The van der Waals surface area contributed by atoms with Crippen LogP contribution in [-0.4, -0.2) is 6.04 Å². The van der Waals surface area contributed by atoms with E-state index in [9.17, 15) is 0 Å². The van der Waals surface area contributed by atoms with Crippen LogP contribution in [0.5, 0.6) is 0 Å². The van der Waals surface area contributed by atoms with E-state index in [-0.39, 0.29) is 0 Å². The van der Waals surface area contributed by atoms with Gasteiger partial charge in [0.2, 0.25) is 0 Å². The Morgan fingerprint density at radius 2 is 1.30 bits per heavy atom. The van der Waals surface area contributed by atoms with E-state index in [2.05, 4.69) is 0 Å². The SMILES string of the molecule is NC1C2CCCCCC[C@@H]12. The van der Waals surface area contributed by atoms with Crippen LogP contribution in [0.4, 0.5) is 0 Å². The van der Waals surface area contributed by atoms with Gasteiger partial charge in [-0.1, -0.05) is 25.7 Å². The molecule has 0 spiro atoms. The zero-order valence-corrected chi connectivity index (χ0v) is 6.55. The minimum absolute atomic E-state index is 0.595. The van der Waals surface area contributed by atoms with Crippen LogP contribution in [0.3, 0.4) is 0 Å². The highest BCUT2D eigenvalue weighted by molar-refractivity contribution is 5.00. The standard InChI is InChI=1S/C9H17N/c10-9-7-5-3-1-2-4-6-8(7)9/h7-9H,1-6,10H2/t7-,8?,9?/m1/s1. The molecule has 0 amide bonds. The van der Waals surface area contributed by atoms with Gasteiger partial charge in [-0.05, 0) is 24.7 Å². The molecule has 10 heavy (non-hydrogen) atoms. The van der Waals surface area contributed by atoms with Crippen molar-refractivity contribution in [3.05, 3.63) is 0 Å². The molecule has 0 radical (unpaired) electrons. The highest BCUT2D eigenvalue weighted by Crippen LogP contribution is 2.45. The van der Waals surface area contributed by atoms with Crippen LogP contribution in [0, 0.1) is 11.8 Å². The summed E-state index contributed by atoms with van der Waals surface area (Å²) in [5.74, 6) is 1.86. The van der Waals surface area contributed by atoms with Gasteiger partial charge in [0.15, 0.2) is 0 Å². The maximum Gasteiger partial charge on any atom is 0.0102 e. The zero-order chi connectivity index (χ0) is 6.97. The van der Waals surface area contributed by atoms with Gasteiger partial charge in [0.05, 0.1) is 0 Å². The third-order valence-electron chi connectivity index (χ3n) is 3.22. The predicted molar refractivity (Wildman–Crippen MR) is 42.7 cm³/mol. The molecule has 2 N–H and O–H groups in total. The molecular weight excluding hydrogens is 122 g/mol. The molecule has 0 saturated heterocycles. The summed E-state index contributed by atoms with van der Waals surface area (Å²) in [7, 11) is 0. The van der Waals surface area contributed by atoms with Crippen molar-refractivity contribution in [2.45, 2.75) is 44.6 Å². The molecule has 3 atom stereocenters. The molecule has 2 aliphatic rings. The van der Waals surface area contributed by atoms with Crippen molar-refractivity contribution >= 4 is 0 Å². The van der Waals surface area contributed by atoms with Crippen molar-refractivity contribution < 1.29 is 0 Å². The van der Waals surface area contributed by atoms with Crippen LogP contribution in [-0.2, 0) is 0 Å². The lowest BCUT2D eigenvalue weighted by Crippen LogP contribution is -2.03. The summed E-state index contributed by atoms with van der Waals surface area (Å²) in [6, 6.07) is 0.595. The minimum Gasteiger partial charge on any atom is -0.327 e. The lowest BCUT2D eigenvalue weighted by atomic mass is 10.0. The largest absolute Gasteiger partial charge is 0.327 e. The Kier molecular flexibility index (Phi) is 1.69. The van der Waals surface area contributed by atoms with Gasteiger partial charge in [0.1, 0.15) is 0 Å². The quantitative estimate of drug-likeness (QED) is 0.545. The zero-order valence-electron chi connectivity index (χ0n) is 6.55. The average molecular weight is 139 g/mol. The smallest absolute Gasteiger partial charge is 0.0102 e. The van der Waals surface area contributed by atoms with Crippen molar-refractivity contribution in [1.29, 1.82) is 0 Å². The van der Waals surface area contributed by atoms with Crippen LogP contribution < -0.4 is 5.73 Å². The van der Waals surface area contributed by atoms with E-state index < -0.39 is 0 Å². The lowest BCUT2D eigenvalue weighted by Gasteiger charge is -2.04. The molecule has 58 valence electrons. The Hall–Kier alpha value is -0.0400. The molecule has 2 rings (SSSR count). The molecule has 0 aliphatic heterocycles. The van der Waals surface area contributed by atoms with Gasteiger partial charge in [-0.3, -0.25) is 0 Å². The van der Waals surface area contributed by atoms with Crippen LogP contribution in [0.25, 0.3) is 0 Å². The van der Waals surface area contributed by atoms with Gasteiger partial charge in [-0.2, -0.15) is 0 Å². The summed E-state index contributed by atoms with van der Waals surface area (Å²) in [5.41, 5.74) is 5.91. The number of hydrogen-bond donors (Lipinski definition) is 1. The Bertz CT molecular complexity index is 108. The molecule has 1 heteroatoms. The highest BCUT2D eigenvalue weighted by atomic mass is 14.8. The highest BCUT2D eigenvalue weighted by Gasteiger charge is 2.45. The Morgan fingerprint density at radius 3 is 1.80 bits per heavy atom. The predicted octanol–water partition coefficient (Wildman–Crippen LogP) is 1.91. The summed E-state index contributed by atoms with van der Waals surface area (Å²) in [4.78, 5) is 0. The second-order valence-corrected chi connectivity index (χ2v) is 3.90. The Labute approximate surface area is 63.0 Å². The van der Waals surface area contributed by atoms with Crippen molar-refractivity contribution in [3.8, 4) is 0 Å². The number of hydrogen-bond acceptors (Lipinski definition) is 1. The molecule has 0 aromatic rings. The Balaban J connectivity index is 1.86. The number of nitrogens with two attached hydrogens (primary N) is 1. The van der Waals surface area contributed by atoms with Gasteiger partial charge in [-0.15, -0.1) is 0 Å². The van der Waals surface area contributed by atoms with Gasteiger partial charge in [-0.25, -0.2) is 0 Å². The van der Waals surface area contributed by atoms with E-state index in [1.165, 1.54) is 38.5 Å². The molecule has 0 aromatic carbocycles. The van der Waals surface area contributed by atoms with Crippen molar-refractivity contribution in [1.82, 2.24) is 0 Å². The number of rotatable bonds is 0. The number of fused-ring (bicyclic) bond motifs is 1. The lowest BCUT2D eigenvalue weighted by molar-refractivity contribution is 0.485. The first-order chi connectivity index (χ1) is 4.89. The molecule has 2 fully saturated rings. The molecule has 1 nitrogen and oxygen atoms in total. The summed E-state index contributed by atoms with van der Waals surface area (Å²) in [5, 5.41) is 0. The molecule has 2 saturated carbocycles. The van der Waals surface area contributed by atoms with E-state index in [4.69, 9.17) is 5.73 Å². The minimum atomic E-state index is 0.595. The molecule has 0 heterocycles.